The van der Waals surface area contributed by atoms with Crippen molar-refractivity contribution in [3.63, 3.8) is 0 Å². The highest BCUT2D eigenvalue weighted by Crippen LogP contribution is 2.21. The molecule has 2 amide bonds. The summed E-state index contributed by atoms with van der Waals surface area (Å²) in [5.41, 5.74) is 7.29. The maximum absolute atomic E-state index is 12.2. The standard InChI is InChI=1S/C16H20N4O2S/c1-2-9-18-15(21)13-12(17)14(23-20-13)16(22)19-10-8-11-6-4-3-5-7-11/h3-7H,2,8-10,17H2,1H3,(H,18,21)(H,19,22). The highest BCUT2D eigenvalue weighted by Gasteiger charge is 2.21. The number of nitrogens with zero attached hydrogens (tertiary/aromatic N) is 1. The Kier molecular flexibility index (Phi) is 6.10. The van der Waals surface area contributed by atoms with E-state index in [4.69, 9.17) is 5.73 Å². The number of nitrogens with two attached hydrogens (primary N) is 1. The van der Waals surface area contributed by atoms with Crippen LogP contribution in [0.4, 0.5) is 5.69 Å². The maximum Gasteiger partial charge on any atom is 0.273 e. The van der Waals surface area contributed by atoms with Gasteiger partial charge in [0.05, 0.1) is 5.69 Å². The van der Waals surface area contributed by atoms with E-state index in [-0.39, 0.29) is 28.1 Å². The Morgan fingerprint density at radius 2 is 1.83 bits per heavy atom. The Morgan fingerprint density at radius 3 is 2.52 bits per heavy atom. The van der Waals surface area contributed by atoms with E-state index in [1.807, 2.05) is 37.3 Å². The molecule has 6 nitrogen and oxygen atoms in total. The lowest BCUT2D eigenvalue weighted by Crippen LogP contribution is -2.27. The average molecular weight is 332 g/mol. The predicted molar refractivity (Wildman–Crippen MR) is 91.6 cm³/mol. The average Bonchev–Trinajstić information content (AvgIpc) is 2.95. The number of nitrogens with one attached hydrogen (secondary N) is 2. The molecule has 2 rings (SSSR count). The summed E-state index contributed by atoms with van der Waals surface area (Å²) in [6, 6.07) is 9.87. The normalized spacial score (nSPS) is 10.3. The Bertz CT molecular complexity index is 670. The van der Waals surface area contributed by atoms with Gasteiger partial charge in [0.25, 0.3) is 11.8 Å². The Balaban J connectivity index is 1.92. The largest absolute Gasteiger partial charge is 0.395 e. The topological polar surface area (TPSA) is 97.1 Å². The van der Waals surface area contributed by atoms with Crippen LogP contribution in [0, 0.1) is 0 Å². The second-order valence-electron chi connectivity index (χ2n) is 5.02. The van der Waals surface area contributed by atoms with E-state index < -0.39 is 0 Å². The summed E-state index contributed by atoms with van der Waals surface area (Å²) in [4.78, 5) is 24.3. The van der Waals surface area contributed by atoms with Crippen molar-refractivity contribution in [3.8, 4) is 0 Å². The molecule has 0 aliphatic rings. The molecule has 0 saturated carbocycles. The number of hydrogen-bond donors (Lipinski definition) is 3. The summed E-state index contributed by atoms with van der Waals surface area (Å²) >= 11 is 0.944. The van der Waals surface area contributed by atoms with Crippen LogP contribution in [0.2, 0.25) is 0 Å². The van der Waals surface area contributed by atoms with E-state index in [0.717, 1.165) is 29.9 Å². The molecule has 7 heteroatoms. The smallest absolute Gasteiger partial charge is 0.273 e. The van der Waals surface area contributed by atoms with Gasteiger partial charge in [0.1, 0.15) is 4.88 Å². The maximum atomic E-state index is 12.2. The molecule has 122 valence electrons. The van der Waals surface area contributed by atoms with Gasteiger partial charge in [-0.1, -0.05) is 37.3 Å². The summed E-state index contributed by atoms with van der Waals surface area (Å²) < 4.78 is 4.00. The zero-order valence-electron chi connectivity index (χ0n) is 13.0. The molecule has 2 aromatic rings. The molecule has 0 bridgehead atoms. The van der Waals surface area contributed by atoms with Gasteiger partial charge in [0.2, 0.25) is 0 Å². The van der Waals surface area contributed by atoms with E-state index >= 15 is 0 Å². The van der Waals surface area contributed by atoms with Crippen molar-refractivity contribution < 1.29 is 9.59 Å². The first-order valence-corrected chi connectivity index (χ1v) is 8.26. The molecule has 0 unspecified atom stereocenters. The third kappa shape index (κ3) is 4.53. The molecule has 0 aliphatic carbocycles. The SMILES string of the molecule is CCCNC(=O)c1nsc(C(=O)NCCc2ccccc2)c1N. The number of rotatable bonds is 7. The van der Waals surface area contributed by atoms with Gasteiger partial charge < -0.3 is 16.4 Å². The number of aromatic nitrogens is 1. The third-order valence-electron chi connectivity index (χ3n) is 3.23. The van der Waals surface area contributed by atoms with Crippen LogP contribution in [0.3, 0.4) is 0 Å². The number of nitrogen functional groups attached to an aromatic ring is 1. The van der Waals surface area contributed by atoms with Gasteiger partial charge >= 0.3 is 0 Å². The van der Waals surface area contributed by atoms with E-state index in [2.05, 4.69) is 15.0 Å². The van der Waals surface area contributed by atoms with Crippen molar-refractivity contribution in [1.82, 2.24) is 15.0 Å². The Hall–Kier alpha value is -2.41. The number of anilines is 1. The van der Waals surface area contributed by atoms with Crippen LogP contribution in [0.15, 0.2) is 30.3 Å². The van der Waals surface area contributed by atoms with Gasteiger partial charge in [-0.05, 0) is 29.9 Å². The summed E-state index contributed by atoms with van der Waals surface area (Å²) in [7, 11) is 0. The molecule has 0 aliphatic heterocycles. The second-order valence-corrected chi connectivity index (χ2v) is 5.79. The summed E-state index contributed by atoms with van der Waals surface area (Å²) in [6.45, 7) is 3.00. The first-order chi connectivity index (χ1) is 11.1. The minimum Gasteiger partial charge on any atom is -0.395 e. The molecule has 0 radical (unpaired) electrons. The first kappa shape index (κ1) is 17.0. The third-order valence-corrected chi connectivity index (χ3v) is 4.09. The van der Waals surface area contributed by atoms with Crippen molar-refractivity contribution in [2.24, 2.45) is 0 Å². The summed E-state index contributed by atoms with van der Waals surface area (Å²) in [5.74, 6) is -0.644. The zero-order chi connectivity index (χ0) is 16.7. The molecule has 1 aromatic heterocycles. The van der Waals surface area contributed by atoms with Crippen LogP contribution >= 0.6 is 11.5 Å². The molecule has 4 N–H and O–H groups in total. The van der Waals surface area contributed by atoms with Gasteiger partial charge in [0.15, 0.2) is 5.69 Å². The minimum atomic E-state index is -0.344. The number of carbonyl (C=O) groups excluding carboxylic acids is 2. The second kappa shape index (κ2) is 8.28. The number of hydrogen-bond acceptors (Lipinski definition) is 5. The van der Waals surface area contributed by atoms with E-state index in [1.165, 1.54) is 0 Å². The minimum absolute atomic E-state index is 0.122. The lowest BCUT2D eigenvalue weighted by Gasteiger charge is -2.05. The fraction of sp³-hybridized carbons (Fsp3) is 0.312. The lowest BCUT2D eigenvalue weighted by molar-refractivity contribution is 0.0949. The zero-order valence-corrected chi connectivity index (χ0v) is 13.8. The molecular formula is C16H20N4O2S. The molecule has 23 heavy (non-hydrogen) atoms. The van der Waals surface area contributed by atoms with E-state index in [9.17, 15) is 9.59 Å². The molecule has 0 fully saturated rings. The van der Waals surface area contributed by atoms with E-state index in [1.54, 1.807) is 0 Å². The van der Waals surface area contributed by atoms with Crippen molar-refractivity contribution >= 4 is 29.0 Å². The summed E-state index contributed by atoms with van der Waals surface area (Å²) in [6.07, 6.45) is 1.55. The van der Waals surface area contributed by atoms with Crippen LogP contribution in [0.1, 0.15) is 39.1 Å². The van der Waals surface area contributed by atoms with Crippen LogP contribution in [-0.2, 0) is 6.42 Å². The van der Waals surface area contributed by atoms with Crippen molar-refractivity contribution in [1.29, 1.82) is 0 Å². The van der Waals surface area contributed by atoms with Gasteiger partial charge in [-0.15, -0.1) is 0 Å². The Labute approximate surface area is 139 Å². The first-order valence-electron chi connectivity index (χ1n) is 7.49. The van der Waals surface area contributed by atoms with Crippen LogP contribution in [0.25, 0.3) is 0 Å². The highest BCUT2D eigenvalue weighted by molar-refractivity contribution is 7.09. The lowest BCUT2D eigenvalue weighted by atomic mass is 10.1. The van der Waals surface area contributed by atoms with Crippen LogP contribution < -0.4 is 16.4 Å². The number of benzene rings is 1. The monoisotopic (exact) mass is 332 g/mol. The van der Waals surface area contributed by atoms with E-state index in [0.29, 0.717) is 13.1 Å². The summed E-state index contributed by atoms with van der Waals surface area (Å²) in [5, 5.41) is 5.50. The van der Waals surface area contributed by atoms with Crippen molar-refractivity contribution in [3.05, 3.63) is 46.5 Å². The quantitative estimate of drug-likeness (QED) is 0.720. The van der Waals surface area contributed by atoms with Crippen molar-refractivity contribution in [2.75, 3.05) is 18.8 Å². The molecule has 0 saturated heterocycles. The molecule has 0 spiro atoms. The molecule has 0 atom stereocenters. The number of carbonyl (C=O) groups is 2. The fourth-order valence-electron chi connectivity index (χ4n) is 1.99. The molecule has 1 heterocycles. The fourth-order valence-corrected chi connectivity index (χ4v) is 2.71. The molecular weight excluding hydrogens is 312 g/mol. The van der Waals surface area contributed by atoms with Gasteiger partial charge in [-0.2, -0.15) is 4.37 Å². The predicted octanol–water partition coefficient (Wildman–Crippen LogP) is 1.84. The highest BCUT2D eigenvalue weighted by atomic mass is 32.1. The van der Waals surface area contributed by atoms with Gasteiger partial charge in [0, 0.05) is 13.1 Å². The van der Waals surface area contributed by atoms with Gasteiger partial charge in [-0.25, -0.2) is 0 Å². The van der Waals surface area contributed by atoms with Crippen molar-refractivity contribution in [2.45, 2.75) is 19.8 Å². The van der Waals surface area contributed by atoms with Crippen LogP contribution in [-0.4, -0.2) is 29.3 Å². The molecule has 1 aromatic carbocycles. The van der Waals surface area contributed by atoms with Crippen LogP contribution in [0.5, 0.6) is 0 Å². The Morgan fingerprint density at radius 1 is 1.13 bits per heavy atom. The van der Waals surface area contributed by atoms with Gasteiger partial charge in [-0.3, -0.25) is 9.59 Å². The number of amides is 2.